The summed E-state index contributed by atoms with van der Waals surface area (Å²) in [6.07, 6.45) is 4.64. The maximum absolute atomic E-state index is 14.3. The Kier molecular flexibility index (Phi) is 5.54. The summed E-state index contributed by atoms with van der Waals surface area (Å²) in [5, 5.41) is 11.2. The van der Waals surface area contributed by atoms with Crippen molar-refractivity contribution in [1.82, 2.24) is 25.1 Å². The van der Waals surface area contributed by atoms with Gasteiger partial charge in [0.05, 0.1) is 35.0 Å². The summed E-state index contributed by atoms with van der Waals surface area (Å²) in [4.78, 5) is 25.1. The van der Waals surface area contributed by atoms with Gasteiger partial charge in [-0.05, 0) is 31.4 Å². The first-order chi connectivity index (χ1) is 16.4. The zero-order chi connectivity index (χ0) is 23.8. The number of nitrogens with two attached hydrogens (primary N) is 2. The molecule has 1 aliphatic heterocycles. The lowest BCUT2D eigenvalue weighted by atomic mass is 9.99. The van der Waals surface area contributed by atoms with Gasteiger partial charge in [0.25, 0.3) is 5.91 Å². The molecule has 1 fully saturated rings. The summed E-state index contributed by atoms with van der Waals surface area (Å²) in [6, 6.07) is 5.13. The largest absolute Gasteiger partial charge is 0.395 e. The van der Waals surface area contributed by atoms with Gasteiger partial charge in [-0.1, -0.05) is 6.07 Å². The molecule has 6 N–H and O–H groups in total. The van der Waals surface area contributed by atoms with Crippen molar-refractivity contribution in [3.63, 3.8) is 0 Å². The number of anilines is 2. The molecule has 34 heavy (non-hydrogen) atoms. The minimum Gasteiger partial charge on any atom is -0.395 e. The number of rotatable bonds is 5. The fourth-order valence-corrected chi connectivity index (χ4v) is 4.20. The topological polar surface area (TPSA) is 158 Å². The molecule has 4 aromatic rings. The molecular formula is C23H23FN8O2. The summed E-state index contributed by atoms with van der Waals surface area (Å²) in [6.45, 7) is 3.16. The summed E-state index contributed by atoms with van der Waals surface area (Å²) in [5.41, 5.74) is 15.4. The van der Waals surface area contributed by atoms with E-state index in [2.05, 4.69) is 25.5 Å². The van der Waals surface area contributed by atoms with Crippen LogP contribution in [0.25, 0.3) is 33.5 Å². The number of primary amides is 1. The Bertz CT molecular complexity index is 1400. The number of nitrogens with zero attached hydrogens (tertiary/aromatic N) is 4. The van der Waals surface area contributed by atoms with E-state index in [1.807, 2.05) is 19.1 Å². The van der Waals surface area contributed by atoms with Gasteiger partial charge in [0, 0.05) is 41.8 Å². The lowest BCUT2D eigenvalue weighted by molar-refractivity contribution is 0.0904. The standard InChI is InChI=1S/C23H23FN8O2/c1-11-2-3-15-14(9-28-32-15)18(11)20-19(25)21(22(26)33)31-23(30-20)13-8-17(24)27-10-16(13)29-12-4-6-34-7-5-12/h2-3,8-10,12,29H,4-7,25H2,1H3,(H2,26,33)(H,28,32). The number of ether oxygens (including phenoxy) is 1. The van der Waals surface area contributed by atoms with Crippen LogP contribution in [0.4, 0.5) is 15.8 Å². The summed E-state index contributed by atoms with van der Waals surface area (Å²) < 4.78 is 19.7. The molecule has 0 saturated carbocycles. The van der Waals surface area contributed by atoms with Gasteiger partial charge < -0.3 is 21.5 Å². The number of benzene rings is 1. The third kappa shape index (κ3) is 3.90. The van der Waals surface area contributed by atoms with Crippen LogP contribution in [0.1, 0.15) is 28.9 Å². The molecular weight excluding hydrogens is 439 g/mol. The molecule has 1 amide bonds. The van der Waals surface area contributed by atoms with Gasteiger partial charge >= 0.3 is 0 Å². The van der Waals surface area contributed by atoms with E-state index < -0.39 is 11.9 Å². The van der Waals surface area contributed by atoms with Gasteiger partial charge in [0.2, 0.25) is 5.95 Å². The van der Waals surface area contributed by atoms with E-state index in [1.165, 1.54) is 12.3 Å². The van der Waals surface area contributed by atoms with E-state index >= 15 is 0 Å². The van der Waals surface area contributed by atoms with Crippen molar-refractivity contribution in [1.29, 1.82) is 0 Å². The fourth-order valence-electron chi connectivity index (χ4n) is 4.20. The van der Waals surface area contributed by atoms with Crippen molar-refractivity contribution >= 4 is 28.2 Å². The third-order valence-electron chi connectivity index (χ3n) is 5.94. The van der Waals surface area contributed by atoms with Crippen molar-refractivity contribution in [3.05, 3.63) is 47.8 Å². The van der Waals surface area contributed by atoms with Gasteiger partial charge in [-0.15, -0.1) is 0 Å². The number of hydrogen-bond donors (Lipinski definition) is 4. The molecule has 174 valence electrons. The molecule has 10 nitrogen and oxygen atoms in total. The highest BCUT2D eigenvalue weighted by atomic mass is 19.1. The van der Waals surface area contributed by atoms with Crippen LogP contribution in [0.3, 0.4) is 0 Å². The maximum atomic E-state index is 14.3. The lowest BCUT2D eigenvalue weighted by Crippen LogP contribution is -2.28. The molecule has 0 spiro atoms. The molecule has 1 aromatic carbocycles. The number of aromatic nitrogens is 5. The van der Waals surface area contributed by atoms with Crippen LogP contribution in [-0.4, -0.2) is 50.3 Å². The Hall–Kier alpha value is -4.12. The second-order valence-electron chi connectivity index (χ2n) is 8.19. The van der Waals surface area contributed by atoms with Crippen molar-refractivity contribution in [2.45, 2.75) is 25.8 Å². The fraction of sp³-hybridized carbons (Fsp3) is 0.261. The molecule has 5 rings (SSSR count). The van der Waals surface area contributed by atoms with Crippen molar-refractivity contribution in [3.8, 4) is 22.6 Å². The highest BCUT2D eigenvalue weighted by Gasteiger charge is 2.24. The molecule has 1 aliphatic rings. The number of amides is 1. The van der Waals surface area contributed by atoms with Crippen LogP contribution < -0.4 is 16.8 Å². The lowest BCUT2D eigenvalue weighted by Gasteiger charge is -2.25. The number of nitrogens with one attached hydrogen (secondary N) is 2. The minimum atomic E-state index is -0.812. The molecule has 1 saturated heterocycles. The summed E-state index contributed by atoms with van der Waals surface area (Å²) in [7, 11) is 0. The number of aryl methyl sites for hydroxylation is 1. The number of halogens is 1. The first kappa shape index (κ1) is 21.7. The van der Waals surface area contributed by atoms with Crippen molar-refractivity contribution in [2.24, 2.45) is 5.73 Å². The molecule has 0 bridgehead atoms. The number of aromatic amines is 1. The normalized spacial score (nSPS) is 14.4. The van der Waals surface area contributed by atoms with Gasteiger partial charge in [-0.25, -0.2) is 15.0 Å². The number of pyridine rings is 1. The first-order valence-electron chi connectivity index (χ1n) is 10.8. The van der Waals surface area contributed by atoms with E-state index in [9.17, 15) is 9.18 Å². The van der Waals surface area contributed by atoms with E-state index in [1.54, 1.807) is 6.20 Å². The zero-order valence-corrected chi connectivity index (χ0v) is 18.4. The molecule has 0 radical (unpaired) electrons. The number of fused-ring (bicyclic) bond motifs is 1. The Balaban J connectivity index is 1.72. The van der Waals surface area contributed by atoms with E-state index in [-0.39, 0.29) is 23.2 Å². The summed E-state index contributed by atoms with van der Waals surface area (Å²) in [5.74, 6) is -1.41. The number of carbonyl (C=O) groups is 1. The molecule has 3 aromatic heterocycles. The first-order valence-corrected chi connectivity index (χ1v) is 10.8. The molecule has 0 atom stereocenters. The van der Waals surface area contributed by atoms with Crippen molar-refractivity contribution in [2.75, 3.05) is 24.3 Å². The zero-order valence-electron chi connectivity index (χ0n) is 18.4. The Morgan fingerprint density at radius 3 is 2.79 bits per heavy atom. The second-order valence-corrected chi connectivity index (χ2v) is 8.19. The van der Waals surface area contributed by atoms with Crippen LogP contribution in [-0.2, 0) is 4.74 Å². The Labute approximate surface area is 194 Å². The van der Waals surface area contributed by atoms with E-state index in [0.29, 0.717) is 35.7 Å². The molecule has 0 aliphatic carbocycles. The van der Waals surface area contributed by atoms with Crippen LogP contribution >= 0.6 is 0 Å². The van der Waals surface area contributed by atoms with Gasteiger partial charge in [-0.2, -0.15) is 9.49 Å². The number of hydrogen-bond acceptors (Lipinski definition) is 8. The highest BCUT2D eigenvalue weighted by Crippen LogP contribution is 2.37. The maximum Gasteiger partial charge on any atom is 0.269 e. The smallest absolute Gasteiger partial charge is 0.269 e. The SMILES string of the molecule is Cc1ccc2[nH]ncc2c1-c1nc(-c2cc(F)ncc2NC2CCOCC2)nc(C(N)=O)c1N. The minimum absolute atomic E-state index is 0.0431. The average Bonchev–Trinajstić information content (AvgIpc) is 3.30. The van der Waals surface area contributed by atoms with Gasteiger partial charge in [0.1, 0.15) is 0 Å². The Morgan fingerprint density at radius 2 is 2.03 bits per heavy atom. The monoisotopic (exact) mass is 462 g/mol. The van der Waals surface area contributed by atoms with E-state index in [0.717, 1.165) is 29.3 Å². The van der Waals surface area contributed by atoms with Crippen LogP contribution in [0.2, 0.25) is 0 Å². The molecule has 0 unspecified atom stereocenters. The number of carbonyl (C=O) groups excluding carboxylic acids is 1. The average molecular weight is 462 g/mol. The summed E-state index contributed by atoms with van der Waals surface area (Å²) >= 11 is 0. The van der Waals surface area contributed by atoms with Crippen LogP contribution in [0.15, 0.2) is 30.6 Å². The van der Waals surface area contributed by atoms with Gasteiger partial charge in [-0.3, -0.25) is 9.89 Å². The van der Waals surface area contributed by atoms with Crippen molar-refractivity contribution < 1.29 is 13.9 Å². The number of nitrogen functional groups attached to an aromatic ring is 1. The highest BCUT2D eigenvalue weighted by molar-refractivity contribution is 6.04. The van der Waals surface area contributed by atoms with Crippen LogP contribution in [0.5, 0.6) is 0 Å². The Morgan fingerprint density at radius 1 is 1.24 bits per heavy atom. The molecule has 4 heterocycles. The predicted octanol–water partition coefficient (Wildman–Crippen LogP) is 2.80. The quantitative estimate of drug-likeness (QED) is 0.330. The van der Waals surface area contributed by atoms with Gasteiger partial charge in [0.15, 0.2) is 11.5 Å². The molecule has 11 heteroatoms. The third-order valence-corrected chi connectivity index (χ3v) is 5.94. The number of H-pyrrole nitrogens is 1. The predicted molar refractivity (Wildman–Crippen MR) is 125 cm³/mol. The van der Waals surface area contributed by atoms with E-state index in [4.69, 9.17) is 21.2 Å². The van der Waals surface area contributed by atoms with Crippen LogP contribution in [0, 0.1) is 12.9 Å². The second kappa shape index (κ2) is 8.67.